The lowest BCUT2D eigenvalue weighted by Gasteiger charge is -2.32. The first-order valence-corrected chi connectivity index (χ1v) is 8.10. The molecule has 0 saturated carbocycles. The number of aromatic hydroxyl groups is 2. The number of benzene rings is 2. The number of phenolic OH excluding ortho intramolecular Hbond substituents is 2. The molecule has 5 heteroatoms. The van der Waals surface area contributed by atoms with E-state index in [0.717, 1.165) is 0 Å². The lowest BCUT2D eigenvalue weighted by Crippen LogP contribution is -2.31. The van der Waals surface area contributed by atoms with Crippen molar-refractivity contribution in [3.63, 3.8) is 0 Å². The largest absolute Gasteiger partial charge is 0.508 e. The monoisotopic (exact) mass is 338 g/mol. The Bertz CT molecular complexity index is 911. The number of Topliss-reactive ketones (excluding diaryl/α,β-unsaturated/α-hetero) is 1. The van der Waals surface area contributed by atoms with Gasteiger partial charge in [0.05, 0.1) is 17.0 Å². The minimum absolute atomic E-state index is 0.0576. The van der Waals surface area contributed by atoms with Crippen molar-refractivity contribution in [3.05, 3.63) is 53.1 Å². The van der Waals surface area contributed by atoms with E-state index in [1.54, 1.807) is 18.2 Å². The molecule has 0 radical (unpaired) electrons. The highest BCUT2D eigenvalue weighted by atomic mass is 16.5. The molecule has 0 bridgehead atoms. The average Bonchev–Trinajstić information content (AvgIpc) is 2.55. The summed E-state index contributed by atoms with van der Waals surface area (Å²) in [5.41, 5.74) is 1.16. The van der Waals surface area contributed by atoms with E-state index in [4.69, 9.17) is 9.47 Å². The molecule has 5 nitrogen and oxygen atoms in total. The van der Waals surface area contributed by atoms with Crippen LogP contribution in [0.1, 0.15) is 41.3 Å². The third kappa shape index (κ3) is 2.52. The number of ether oxygens (including phenoxy) is 2. The van der Waals surface area contributed by atoms with Crippen molar-refractivity contribution in [2.45, 2.75) is 25.4 Å². The van der Waals surface area contributed by atoms with Gasteiger partial charge in [-0.1, -0.05) is 6.07 Å². The Morgan fingerprint density at radius 1 is 1.16 bits per heavy atom. The predicted molar refractivity (Wildman–Crippen MR) is 92.5 cm³/mol. The molecule has 0 spiro atoms. The molecule has 0 amide bonds. The van der Waals surface area contributed by atoms with Crippen LogP contribution < -0.4 is 9.47 Å². The Hall–Kier alpha value is -2.95. The molecule has 2 aliphatic rings. The summed E-state index contributed by atoms with van der Waals surface area (Å²) in [5.74, 6) is 0.438. The molecular weight excluding hydrogens is 320 g/mol. The van der Waals surface area contributed by atoms with Gasteiger partial charge < -0.3 is 19.7 Å². The molecule has 25 heavy (non-hydrogen) atoms. The molecule has 4 rings (SSSR count). The summed E-state index contributed by atoms with van der Waals surface area (Å²) in [6.45, 7) is 3.98. The molecule has 1 atom stereocenters. The zero-order valence-corrected chi connectivity index (χ0v) is 13.9. The van der Waals surface area contributed by atoms with Crippen LogP contribution in [-0.4, -0.2) is 28.2 Å². The SMILES string of the molecule is CC1(C)C=Cc2c(O)ccc([C@H]3COc4cc(O)ccc4C3=O)c2O1. The van der Waals surface area contributed by atoms with E-state index in [9.17, 15) is 15.0 Å². The number of carbonyl (C=O) groups is 1. The van der Waals surface area contributed by atoms with E-state index in [-0.39, 0.29) is 23.9 Å². The van der Waals surface area contributed by atoms with Gasteiger partial charge in [-0.3, -0.25) is 4.79 Å². The van der Waals surface area contributed by atoms with Gasteiger partial charge in [0.25, 0.3) is 0 Å². The first-order chi connectivity index (χ1) is 11.9. The Morgan fingerprint density at radius 2 is 1.96 bits per heavy atom. The molecule has 0 aliphatic carbocycles. The normalized spacial score (nSPS) is 20.2. The number of fused-ring (bicyclic) bond motifs is 2. The molecule has 0 saturated heterocycles. The van der Waals surface area contributed by atoms with E-state index in [1.165, 1.54) is 12.1 Å². The lowest BCUT2D eigenvalue weighted by molar-refractivity contribution is 0.0886. The van der Waals surface area contributed by atoms with Crippen LogP contribution in [0.5, 0.6) is 23.0 Å². The zero-order valence-electron chi connectivity index (χ0n) is 13.9. The van der Waals surface area contributed by atoms with Gasteiger partial charge in [-0.05, 0) is 44.2 Å². The predicted octanol–water partition coefficient (Wildman–Crippen LogP) is 3.64. The average molecular weight is 338 g/mol. The van der Waals surface area contributed by atoms with Crippen molar-refractivity contribution in [1.29, 1.82) is 0 Å². The van der Waals surface area contributed by atoms with Crippen LogP contribution in [0.25, 0.3) is 6.08 Å². The van der Waals surface area contributed by atoms with Gasteiger partial charge in [-0.25, -0.2) is 0 Å². The summed E-state index contributed by atoms with van der Waals surface area (Å²) in [6, 6.07) is 7.76. The summed E-state index contributed by atoms with van der Waals surface area (Å²) in [4.78, 5) is 13.0. The van der Waals surface area contributed by atoms with Gasteiger partial charge in [-0.15, -0.1) is 0 Å². The van der Waals surface area contributed by atoms with Crippen molar-refractivity contribution in [2.75, 3.05) is 6.61 Å². The van der Waals surface area contributed by atoms with Crippen molar-refractivity contribution < 1.29 is 24.5 Å². The highest BCUT2D eigenvalue weighted by Crippen LogP contribution is 2.44. The molecule has 128 valence electrons. The number of hydrogen-bond donors (Lipinski definition) is 2. The number of hydrogen-bond acceptors (Lipinski definition) is 5. The molecule has 0 aromatic heterocycles. The van der Waals surface area contributed by atoms with Crippen LogP contribution in [0.2, 0.25) is 0 Å². The minimum Gasteiger partial charge on any atom is -0.508 e. The molecule has 2 heterocycles. The maximum Gasteiger partial charge on any atom is 0.177 e. The van der Waals surface area contributed by atoms with Gasteiger partial charge in [0, 0.05) is 11.6 Å². The van der Waals surface area contributed by atoms with Crippen LogP contribution in [-0.2, 0) is 0 Å². The van der Waals surface area contributed by atoms with Gasteiger partial charge >= 0.3 is 0 Å². The minimum atomic E-state index is -0.534. The van der Waals surface area contributed by atoms with E-state index in [2.05, 4.69) is 0 Å². The highest BCUT2D eigenvalue weighted by molar-refractivity contribution is 6.05. The quantitative estimate of drug-likeness (QED) is 0.830. The van der Waals surface area contributed by atoms with E-state index < -0.39 is 11.5 Å². The second-order valence-electron chi connectivity index (χ2n) is 6.86. The third-order valence-corrected chi connectivity index (χ3v) is 4.55. The fraction of sp³-hybridized carbons (Fsp3) is 0.250. The van der Waals surface area contributed by atoms with Crippen LogP contribution >= 0.6 is 0 Å². The highest BCUT2D eigenvalue weighted by Gasteiger charge is 2.35. The fourth-order valence-corrected chi connectivity index (χ4v) is 3.24. The maximum absolute atomic E-state index is 13.0. The fourth-order valence-electron chi connectivity index (χ4n) is 3.24. The Labute approximate surface area is 145 Å². The Balaban J connectivity index is 1.81. The number of ketones is 1. The summed E-state index contributed by atoms with van der Waals surface area (Å²) in [6.07, 6.45) is 3.69. The standard InChI is InChI=1S/C20H18O5/c1-20(2)8-7-13-16(22)6-5-12(19(13)25-20)15-10-24-17-9-11(21)3-4-14(17)18(15)23/h3-9,15,21-22H,10H2,1-2H3/t15-/m1/s1. The van der Waals surface area contributed by atoms with Gasteiger partial charge in [0.2, 0.25) is 0 Å². The van der Waals surface area contributed by atoms with E-state index in [1.807, 2.05) is 26.0 Å². The summed E-state index contributed by atoms with van der Waals surface area (Å²) >= 11 is 0. The number of rotatable bonds is 1. The van der Waals surface area contributed by atoms with Crippen molar-refractivity contribution in [3.8, 4) is 23.0 Å². The lowest BCUT2D eigenvalue weighted by atomic mass is 9.86. The van der Waals surface area contributed by atoms with Crippen LogP contribution in [0.3, 0.4) is 0 Å². The number of carbonyl (C=O) groups excluding carboxylic acids is 1. The van der Waals surface area contributed by atoms with Gasteiger partial charge in [0.15, 0.2) is 5.78 Å². The number of phenols is 2. The topological polar surface area (TPSA) is 76.0 Å². The van der Waals surface area contributed by atoms with Gasteiger partial charge in [0.1, 0.15) is 35.2 Å². The second-order valence-corrected chi connectivity index (χ2v) is 6.86. The van der Waals surface area contributed by atoms with E-state index in [0.29, 0.717) is 28.2 Å². The van der Waals surface area contributed by atoms with Crippen LogP contribution in [0.4, 0.5) is 0 Å². The molecule has 2 aliphatic heterocycles. The second kappa shape index (κ2) is 5.28. The zero-order chi connectivity index (χ0) is 17.8. The summed E-state index contributed by atoms with van der Waals surface area (Å²) in [5, 5.41) is 19.7. The van der Waals surface area contributed by atoms with Crippen LogP contribution in [0, 0.1) is 0 Å². The summed E-state index contributed by atoms with van der Waals surface area (Å²) < 4.78 is 11.7. The molecule has 2 aromatic rings. The third-order valence-electron chi connectivity index (χ3n) is 4.55. The smallest absolute Gasteiger partial charge is 0.177 e. The summed E-state index contributed by atoms with van der Waals surface area (Å²) in [7, 11) is 0. The van der Waals surface area contributed by atoms with Crippen molar-refractivity contribution >= 4 is 11.9 Å². The van der Waals surface area contributed by atoms with E-state index >= 15 is 0 Å². The van der Waals surface area contributed by atoms with Gasteiger partial charge in [-0.2, -0.15) is 0 Å². The maximum atomic E-state index is 13.0. The molecule has 0 unspecified atom stereocenters. The van der Waals surface area contributed by atoms with Crippen molar-refractivity contribution in [2.24, 2.45) is 0 Å². The first-order valence-electron chi connectivity index (χ1n) is 8.10. The Morgan fingerprint density at radius 3 is 2.76 bits per heavy atom. The molecule has 0 fully saturated rings. The van der Waals surface area contributed by atoms with Crippen molar-refractivity contribution in [1.82, 2.24) is 0 Å². The molecule has 2 N–H and O–H groups in total. The molecule has 2 aromatic carbocycles. The van der Waals surface area contributed by atoms with Crippen LogP contribution in [0.15, 0.2) is 36.4 Å². The Kier molecular flexibility index (Phi) is 3.29. The molecular formula is C20H18O5. The first kappa shape index (κ1) is 15.6.